The molecule has 26 heavy (non-hydrogen) atoms. The number of fused-ring (bicyclic) bond motifs is 1. The first-order chi connectivity index (χ1) is 15.5. The summed E-state index contributed by atoms with van der Waals surface area (Å²) >= 11 is 0. The van der Waals surface area contributed by atoms with Gasteiger partial charge in [0.1, 0.15) is 5.82 Å². The van der Waals surface area contributed by atoms with Crippen LogP contribution in [0.4, 0.5) is 0 Å². The van der Waals surface area contributed by atoms with Crippen molar-refractivity contribution in [2.75, 3.05) is 0 Å². The number of aryl methyl sites for hydroxylation is 1. The number of aromatic nitrogens is 4. The Morgan fingerprint density at radius 3 is 2.81 bits per heavy atom. The lowest BCUT2D eigenvalue weighted by Crippen LogP contribution is -2.07. The highest BCUT2D eigenvalue weighted by Crippen LogP contribution is 2.22. The molecular formula is C21H18N4O. The molecule has 2 aromatic heterocycles. The van der Waals surface area contributed by atoms with E-state index in [-0.39, 0.29) is 12.2 Å². The van der Waals surface area contributed by atoms with Gasteiger partial charge in [-0.05, 0) is 12.9 Å². The number of ketones is 1. The van der Waals surface area contributed by atoms with Crippen molar-refractivity contribution >= 4 is 16.7 Å². The van der Waals surface area contributed by atoms with E-state index in [4.69, 9.17) is 9.60 Å². The van der Waals surface area contributed by atoms with Crippen molar-refractivity contribution in [1.29, 1.82) is 0 Å². The molecule has 0 amide bonds. The molecule has 2 heterocycles. The lowest BCUT2D eigenvalue weighted by Gasteiger charge is -2.06. The maximum atomic E-state index is 12.9. The number of Topliss-reactive ketones (excluding diaryl/α,β-unsaturated/α-hetero) is 1. The third-order valence-electron chi connectivity index (χ3n) is 3.97. The second-order valence-electron chi connectivity index (χ2n) is 5.80. The Labute approximate surface area is 161 Å². The van der Waals surface area contributed by atoms with E-state index < -0.39 is 47.9 Å². The number of rotatable bonds is 4. The molecule has 2 aromatic carbocycles. The summed E-state index contributed by atoms with van der Waals surface area (Å²) < 4.78 is 56.5. The number of hydrogen-bond donors (Lipinski definition) is 0. The summed E-state index contributed by atoms with van der Waals surface area (Å²) in [5.74, 6) is -0.586. The second-order valence-corrected chi connectivity index (χ2v) is 5.80. The molecule has 4 rings (SSSR count). The molecule has 0 saturated carbocycles. The van der Waals surface area contributed by atoms with Crippen molar-refractivity contribution in [2.24, 2.45) is 7.05 Å². The summed E-state index contributed by atoms with van der Waals surface area (Å²) in [4.78, 5) is 25.6. The van der Waals surface area contributed by atoms with Crippen molar-refractivity contribution in [3.8, 4) is 11.3 Å². The standard InChI is InChI=1S/C21H18N4O/c1-14-3-5-15(6-4-14)20(26)10-21-23-11-17-8-7-16(9-18(17)24-21)19-12-22-13-25(19)2/h3-9,11-13H,10H2,1-2H3/i1D3,3D,4D,5D,6D. The van der Waals surface area contributed by atoms with Crippen molar-refractivity contribution in [3.63, 3.8) is 0 Å². The van der Waals surface area contributed by atoms with Gasteiger partial charge in [0.15, 0.2) is 5.78 Å². The fraction of sp³-hybridized carbons (Fsp3) is 0.143. The predicted molar refractivity (Wildman–Crippen MR) is 101 cm³/mol. The molecule has 0 aliphatic rings. The number of benzene rings is 2. The molecular weight excluding hydrogens is 324 g/mol. The highest BCUT2D eigenvalue weighted by Gasteiger charge is 2.11. The molecule has 4 aromatic rings. The fourth-order valence-corrected chi connectivity index (χ4v) is 2.63. The first kappa shape index (κ1) is 9.97. The molecule has 0 radical (unpaired) electrons. The number of imidazole rings is 1. The molecule has 128 valence electrons. The van der Waals surface area contributed by atoms with Gasteiger partial charge < -0.3 is 4.57 Å². The Morgan fingerprint density at radius 1 is 1.23 bits per heavy atom. The summed E-state index contributed by atoms with van der Waals surface area (Å²) in [6.45, 7) is -2.84. The van der Waals surface area contributed by atoms with Crippen LogP contribution in [-0.2, 0) is 13.5 Å². The first-order valence-electron chi connectivity index (χ1n) is 11.4. The minimum atomic E-state index is -2.84. The topological polar surface area (TPSA) is 60.7 Å². The minimum absolute atomic E-state index is 0.145. The predicted octanol–water partition coefficient (Wildman–Crippen LogP) is 3.76. The van der Waals surface area contributed by atoms with Crippen LogP contribution >= 0.6 is 0 Å². The van der Waals surface area contributed by atoms with Gasteiger partial charge >= 0.3 is 0 Å². The molecule has 0 aliphatic carbocycles. The monoisotopic (exact) mass is 349 g/mol. The van der Waals surface area contributed by atoms with E-state index in [1.54, 1.807) is 18.7 Å². The largest absolute Gasteiger partial charge is 0.334 e. The van der Waals surface area contributed by atoms with Crippen molar-refractivity contribution in [1.82, 2.24) is 19.5 Å². The fourth-order valence-electron chi connectivity index (χ4n) is 2.63. The Morgan fingerprint density at radius 2 is 2.08 bits per heavy atom. The smallest absolute Gasteiger partial charge is 0.170 e. The SMILES string of the molecule is [2H]c1c([2H])c(C([2H])([2H])[2H])c([2H])c([2H])c1C(=O)Cc1ncc2ccc(-c3cncn3C)cc2n1. The lowest BCUT2D eigenvalue weighted by atomic mass is 10.1. The molecule has 0 bridgehead atoms. The van der Waals surface area contributed by atoms with Gasteiger partial charge in [-0.3, -0.25) is 4.79 Å². The Kier molecular flexibility index (Phi) is 2.50. The van der Waals surface area contributed by atoms with Crippen LogP contribution in [0.3, 0.4) is 0 Å². The molecule has 0 spiro atoms. The van der Waals surface area contributed by atoms with Gasteiger partial charge in [-0.1, -0.05) is 41.9 Å². The number of nitrogens with zero attached hydrogens (tertiary/aromatic N) is 4. The zero-order valence-corrected chi connectivity index (χ0v) is 13.9. The molecule has 0 aliphatic heterocycles. The van der Waals surface area contributed by atoms with Gasteiger partial charge in [-0.15, -0.1) is 0 Å². The van der Waals surface area contributed by atoms with E-state index in [9.17, 15) is 4.79 Å². The Balaban J connectivity index is 1.72. The van der Waals surface area contributed by atoms with E-state index in [0.717, 1.165) is 16.6 Å². The van der Waals surface area contributed by atoms with E-state index in [0.29, 0.717) is 5.52 Å². The van der Waals surface area contributed by atoms with Crippen molar-refractivity contribution in [3.05, 3.63) is 78.0 Å². The van der Waals surface area contributed by atoms with Crippen LogP contribution in [0.5, 0.6) is 0 Å². The third kappa shape index (κ3) is 3.11. The summed E-state index contributed by atoms with van der Waals surface area (Å²) in [5.41, 5.74) is 1.15. The van der Waals surface area contributed by atoms with Crippen LogP contribution in [0.1, 0.15) is 31.3 Å². The van der Waals surface area contributed by atoms with Gasteiger partial charge in [0, 0.05) is 33.9 Å². The van der Waals surface area contributed by atoms with Gasteiger partial charge in [0.05, 0.1) is 35.6 Å². The molecule has 0 saturated heterocycles. The first-order valence-corrected chi connectivity index (χ1v) is 7.85. The quantitative estimate of drug-likeness (QED) is 0.526. The second kappa shape index (κ2) is 6.52. The Hall–Kier alpha value is -3.34. The molecule has 0 fully saturated rings. The Bertz CT molecular complexity index is 1380. The highest BCUT2D eigenvalue weighted by atomic mass is 16.1. The van der Waals surface area contributed by atoms with Crippen LogP contribution in [0.15, 0.2) is 61.1 Å². The normalized spacial score (nSPS) is 15.3. The van der Waals surface area contributed by atoms with Gasteiger partial charge in [0.25, 0.3) is 0 Å². The summed E-state index contributed by atoms with van der Waals surface area (Å²) in [7, 11) is 1.87. The zero-order chi connectivity index (χ0) is 24.1. The van der Waals surface area contributed by atoms with Crippen LogP contribution in [0.25, 0.3) is 22.2 Å². The molecule has 0 unspecified atom stereocenters. The van der Waals surface area contributed by atoms with Crippen LogP contribution in [-0.4, -0.2) is 25.3 Å². The summed E-state index contributed by atoms with van der Waals surface area (Å²) in [5, 5.41) is 0.753. The molecule has 0 N–H and O–H groups in total. The maximum absolute atomic E-state index is 12.9. The van der Waals surface area contributed by atoms with E-state index in [2.05, 4.69) is 15.0 Å². The van der Waals surface area contributed by atoms with Crippen LogP contribution in [0.2, 0.25) is 0 Å². The molecule has 5 heteroatoms. The van der Waals surface area contributed by atoms with E-state index in [1.807, 2.05) is 29.8 Å². The van der Waals surface area contributed by atoms with Crippen LogP contribution in [0, 0.1) is 6.85 Å². The summed E-state index contributed by atoms with van der Waals surface area (Å²) in [6.07, 6.45) is 4.59. The summed E-state index contributed by atoms with van der Waals surface area (Å²) in [6, 6.07) is 2.71. The average Bonchev–Trinajstić information content (AvgIpc) is 3.17. The number of hydrogen-bond acceptors (Lipinski definition) is 4. The van der Waals surface area contributed by atoms with Gasteiger partial charge in [0.2, 0.25) is 0 Å². The van der Waals surface area contributed by atoms with Crippen LogP contribution < -0.4 is 0 Å². The van der Waals surface area contributed by atoms with E-state index in [1.165, 1.54) is 0 Å². The highest BCUT2D eigenvalue weighted by molar-refractivity contribution is 5.97. The zero-order valence-electron chi connectivity index (χ0n) is 20.9. The lowest BCUT2D eigenvalue weighted by molar-refractivity contribution is 0.0991. The van der Waals surface area contributed by atoms with Crippen molar-refractivity contribution < 1.29 is 14.4 Å². The molecule has 5 nitrogen and oxygen atoms in total. The number of carbonyl (C=O) groups is 1. The third-order valence-corrected chi connectivity index (χ3v) is 3.97. The van der Waals surface area contributed by atoms with Gasteiger partial charge in [-0.2, -0.15) is 0 Å². The maximum Gasteiger partial charge on any atom is 0.170 e. The minimum Gasteiger partial charge on any atom is -0.334 e. The van der Waals surface area contributed by atoms with Crippen molar-refractivity contribution in [2.45, 2.75) is 13.3 Å². The number of carbonyl (C=O) groups excluding carboxylic acids is 1. The van der Waals surface area contributed by atoms with E-state index >= 15 is 0 Å². The average molecular weight is 349 g/mol. The van der Waals surface area contributed by atoms with Gasteiger partial charge in [-0.25, -0.2) is 15.0 Å². The molecule has 0 atom stereocenters.